The van der Waals surface area contributed by atoms with Crippen LogP contribution in [-0.4, -0.2) is 59.2 Å². The van der Waals surface area contributed by atoms with Crippen LogP contribution in [0.2, 0.25) is 0 Å². The van der Waals surface area contributed by atoms with Gasteiger partial charge < -0.3 is 15.2 Å². The van der Waals surface area contributed by atoms with Gasteiger partial charge in [-0.2, -0.15) is 0 Å². The molecule has 0 radical (unpaired) electrons. The van der Waals surface area contributed by atoms with E-state index in [0.29, 0.717) is 25.4 Å². The van der Waals surface area contributed by atoms with Crippen LogP contribution in [-0.2, 0) is 17.8 Å². The van der Waals surface area contributed by atoms with Gasteiger partial charge >= 0.3 is 0 Å². The van der Waals surface area contributed by atoms with E-state index in [-0.39, 0.29) is 0 Å². The molecule has 6 heteroatoms. The molecule has 1 aliphatic rings. The molecule has 31 heavy (non-hydrogen) atoms. The molecule has 4 rings (SSSR count). The number of nitrogens with zero attached hydrogens (tertiary/aromatic N) is 2. The van der Waals surface area contributed by atoms with Gasteiger partial charge in [0.25, 0.3) is 0 Å². The Morgan fingerprint density at radius 1 is 1.19 bits per heavy atom. The lowest BCUT2D eigenvalue weighted by molar-refractivity contribution is -0.120. The van der Waals surface area contributed by atoms with Crippen molar-refractivity contribution < 1.29 is 14.6 Å². The number of fused-ring (bicyclic) bond motifs is 2. The highest BCUT2D eigenvalue weighted by molar-refractivity contribution is 5.84. The van der Waals surface area contributed by atoms with Crippen LogP contribution in [0.3, 0.4) is 0 Å². The number of aldehydes is 1. The van der Waals surface area contributed by atoms with Crippen LogP contribution in [0, 0.1) is 0 Å². The van der Waals surface area contributed by atoms with Crippen molar-refractivity contribution in [1.82, 2.24) is 15.2 Å². The third-order valence-corrected chi connectivity index (χ3v) is 5.72. The molecule has 0 fully saturated rings. The number of ether oxygens (including phenoxy) is 1. The molecule has 0 saturated carbocycles. The summed E-state index contributed by atoms with van der Waals surface area (Å²) in [5.74, 6) is 0.571. The van der Waals surface area contributed by atoms with Crippen LogP contribution in [0.25, 0.3) is 10.9 Å². The Kier molecular flexibility index (Phi) is 6.61. The number of rotatable bonds is 9. The molecule has 2 heterocycles. The van der Waals surface area contributed by atoms with Crippen LogP contribution in [0.5, 0.6) is 5.75 Å². The lowest BCUT2D eigenvalue weighted by atomic mass is 10.00. The monoisotopic (exact) mass is 419 g/mol. The summed E-state index contributed by atoms with van der Waals surface area (Å²) in [5, 5.41) is 14.7. The van der Waals surface area contributed by atoms with E-state index in [1.807, 2.05) is 30.3 Å². The van der Waals surface area contributed by atoms with Crippen molar-refractivity contribution in [3.05, 3.63) is 71.9 Å². The number of aromatic nitrogens is 1. The van der Waals surface area contributed by atoms with Crippen molar-refractivity contribution in [2.45, 2.75) is 31.6 Å². The Labute approximate surface area is 182 Å². The molecule has 3 aromatic rings. The molecule has 0 amide bonds. The summed E-state index contributed by atoms with van der Waals surface area (Å²) in [6.07, 6.45) is 2.99. The Hall–Kier alpha value is -2.80. The molecule has 6 nitrogen and oxygen atoms in total. The average Bonchev–Trinajstić information content (AvgIpc) is 2.79. The molecule has 1 aromatic heterocycles. The molecule has 0 saturated heterocycles. The number of β-amino-alcohol motifs (C(OH)–C–C–N with tert-alkyl or cyclic N) is 1. The van der Waals surface area contributed by atoms with Crippen LogP contribution < -0.4 is 10.1 Å². The minimum atomic E-state index is -1.06. The van der Waals surface area contributed by atoms with E-state index >= 15 is 0 Å². The first-order valence-electron chi connectivity index (χ1n) is 10.7. The summed E-state index contributed by atoms with van der Waals surface area (Å²) < 4.78 is 6.05. The van der Waals surface area contributed by atoms with Crippen LogP contribution in [0.4, 0.5) is 0 Å². The Morgan fingerprint density at radius 2 is 2.00 bits per heavy atom. The molecule has 2 unspecified atom stereocenters. The van der Waals surface area contributed by atoms with Gasteiger partial charge in [-0.1, -0.05) is 42.5 Å². The van der Waals surface area contributed by atoms with Gasteiger partial charge in [-0.05, 0) is 36.6 Å². The minimum absolute atomic E-state index is 0.291. The maximum absolute atomic E-state index is 11.8. The second kappa shape index (κ2) is 9.56. The summed E-state index contributed by atoms with van der Waals surface area (Å²) in [6, 6.07) is 18.0. The molecular formula is C25H29N3O3. The number of hydrogen-bond acceptors (Lipinski definition) is 6. The van der Waals surface area contributed by atoms with Crippen LogP contribution in [0.15, 0.2) is 60.8 Å². The SMILES string of the molecule is CC(C=O)(CNCC(O)CN1CCc2ccccc2C1)Oc1cccc2cccnc12. The first-order valence-corrected chi connectivity index (χ1v) is 10.7. The summed E-state index contributed by atoms with van der Waals surface area (Å²) >= 11 is 0. The topological polar surface area (TPSA) is 74.7 Å². The zero-order valence-corrected chi connectivity index (χ0v) is 17.8. The van der Waals surface area contributed by atoms with Gasteiger partial charge in [0.05, 0.1) is 6.10 Å². The van der Waals surface area contributed by atoms with Gasteiger partial charge in [-0.15, -0.1) is 0 Å². The molecule has 0 aliphatic carbocycles. The van der Waals surface area contributed by atoms with Crippen molar-refractivity contribution in [3.63, 3.8) is 0 Å². The third-order valence-electron chi connectivity index (χ3n) is 5.72. The molecule has 162 valence electrons. The second-order valence-electron chi connectivity index (χ2n) is 8.40. The lowest BCUT2D eigenvalue weighted by Gasteiger charge is -2.31. The van der Waals surface area contributed by atoms with E-state index in [1.165, 1.54) is 11.1 Å². The number of hydrogen-bond donors (Lipinski definition) is 2. The standard InChI is InChI=1S/C25H29N3O3/c1-25(18-29,31-23-10-4-8-20-9-5-12-27-24(20)23)17-26-14-22(30)16-28-13-11-19-6-2-3-7-21(19)15-28/h2-10,12,18,22,26,30H,11,13-17H2,1H3. The third kappa shape index (κ3) is 5.28. The first kappa shape index (κ1) is 21.4. The summed E-state index contributed by atoms with van der Waals surface area (Å²) in [7, 11) is 0. The smallest absolute Gasteiger partial charge is 0.173 e. The number of para-hydroxylation sites is 1. The minimum Gasteiger partial charge on any atom is -0.476 e. The molecule has 2 aromatic carbocycles. The molecule has 1 aliphatic heterocycles. The molecule has 2 atom stereocenters. The number of benzene rings is 2. The van der Waals surface area contributed by atoms with E-state index in [9.17, 15) is 9.90 Å². The molecule has 0 bridgehead atoms. The van der Waals surface area contributed by atoms with Gasteiger partial charge in [-0.25, -0.2) is 0 Å². The van der Waals surface area contributed by atoms with Crippen molar-refractivity contribution in [2.75, 3.05) is 26.2 Å². The van der Waals surface area contributed by atoms with Crippen molar-refractivity contribution in [3.8, 4) is 5.75 Å². The number of pyridine rings is 1. The van der Waals surface area contributed by atoms with E-state index < -0.39 is 11.7 Å². The van der Waals surface area contributed by atoms with E-state index in [1.54, 1.807) is 13.1 Å². The first-order chi connectivity index (χ1) is 15.1. The average molecular weight is 420 g/mol. The number of aliphatic hydroxyl groups excluding tert-OH is 1. The van der Waals surface area contributed by atoms with Gasteiger partial charge in [0.2, 0.25) is 0 Å². The lowest BCUT2D eigenvalue weighted by Crippen LogP contribution is -2.48. The normalized spacial score (nSPS) is 17.0. The highest BCUT2D eigenvalue weighted by atomic mass is 16.5. The number of carbonyl (C=O) groups is 1. The summed E-state index contributed by atoms with van der Waals surface area (Å²) in [6.45, 7) is 4.81. The Balaban J connectivity index is 1.30. The molecular weight excluding hydrogens is 390 g/mol. The highest BCUT2D eigenvalue weighted by Crippen LogP contribution is 2.26. The van der Waals surface area contributed by atoms with E-state index in [0.717, 1.165) is 36.7 Å². The summed E-state index contributed by atoms with van der Waals surface area (Å²) in [5.41, 5.74) is 2.39. The zero-order chi connectivity index (χ0) is 21.7. The fourth-order valence-electron chi connectivity index (χ4n) is 4.07. The highest BCUT2D eigenvalue weighted by Gasteiger charge is 2.27. The van der Waals surface area contributed by atoms with E-state index in [4.69, 9.17) is 4.74 Å². The molecule has 0 spiro atoms. The van der Waals surface area contributed by atoms with E-state index in [2.05, 4.69) is 39.5 Å². The quantitative estimate of drug-likeness (QED) is 0.520. The predicted molar refractivity (Wildman–Crippen MR) is 121 cm³/mol. The second-order valence-corrected chi connectivity index (χ2v) is 8.40. The largest absolute Gasteiger partial charge is 0.476 e. The van der Waals surface area contributed by atoms with Gasteiger partial charge in [-0.3, -0.25) is 14.7 Å². The summed E-state index contributed by atoms with van der Waals surface area (Å²) in [4.78, 5) is 18.5. The fourth-order valence-corrected chi connectivity index (χ4v) is 4.07. The molecule has 2 N–H and O–H groups in total. The van der Waals surface area contributed by atoms with Crippen molar-refractivity contribution in [2.24, 2.45) is 0 Å². The van der Waals surface area contributed by atoms with Gasteiger partial charge in [0.1, 0.15) is 11.3 Å². The van der Waals surface area contributed by atoms with Crippen LogP contribution >= 0.6 is 0 Å². The van der Waals surface area contributed by atoms with Crippen molar-refractivity contribution >= 4 is 17.2 Å². The maximum Gasteiger partial charge on any atom is 0.173 e. The number of carbonyl (C=O) groups excluding carboxylic acids is 1. The maximum atomic E-state index is 11.8. The number of nitrogens with one attached hydrogen (secondary N) is 1. The predicted octanol–water partition coefficient (Wildman–Crippen LogP) is 2.58. The Bertz CT molecular complexity index is 1040. The van der Waals surface area contributed by atoms with Crippen LogP contribution in [0.1, 0.15) is 18.1 Å². The Morgan fingerprint density at radius 3 is 2.84 bits per heavy atom. The zero-order valence-electron chi connectivity index (χ0n) is 17.8. The van der Waals surface area contributed by atoms with Crippen molar-refractivity contribution in [1.29, 1.82) is 0 Å². The fraction of sp³-hybridized carbons (Fsp3) is 0.360. The van der Waals surface area contributed by atoms with Gasteiger partial charge in [0, 0.05) is 44.3 Å². The number of aliphatic hydroxyl groups is 1. The van der Waals surface area contributed by atoms with Gasteiger partial charge in [0.15, 0.2) is 11.9 Å².